The maximum atomic E-state index is 5.48. The number of methoxy groups -OCH3 is 2. The van der Waals surface area contributed by atoms with Crippen LogP contribution >= 0.6 is 0 Å². The molecule has 102 valence electrons. The average molecular weight is 253 g/mol. The highest BCUT2D eigenvalue weighted by atomic mass is 16.5. The number of benzene rings is 1. The zero-order valence-electron chi connectivity index (χ0n) is 11.5. The molecule has 0 heterocycles. The van der Waals surface area contributed by atoms with Crippen molar-refractivity contribution in [1.29, 1.82) is 0 Å². The molecule has 0 saturated heterocycles. The van der Waals surface area contributed by atoms with Crippen LogP contribution in [0.5, 0.6) is 11.5 Å². The molecule has 0 aromatic heterocycles. The summed E-state index contributed by atoms with van der Waals surface area (Å²) < 4.78 is 15.9. The number of rotatable bonds is 9. The van der Waals surface area contributed by atoms with E-state index in [1.54, 1.807) is 14.2 Å². The van der Waals surface area contributed by atoms with E-state index in [1.165, 1.54) is 6.42 Å². The molecule has 1 aromatic rings. The molecular weight excluding hydrogens is 230 g/mol. The van der Waals surface area contributed by atoms with E-state index in [4.69, 9.17) is 14.2 Å². The minimum atomic E-state index is 0.708. The standard InChI is InChI=1S/C14H23NO3/c1-4-5-7-18-8-6-15-12-9-13(16-2)11-14(10-12)17-3/h9-11,15H,4-8H2,1-3H3. The van der Waals surface area contributed by atoms with Gasteiger partial charge in [0.15, 0.2) is 0 Å². The van der Waals surface area contributed by atoms with E-state index in [9.17, 15) is 0 Å². The second-order valence-electron chi connectivity index (χ2n) is 3.99. The summed E-state index contributed by atoms with van der Waals surface area (Å²) in [6.45, 7) is 4.48. The lowest BCUT2D eigenvalue weighted by atomic mass is 10.2. The highest BCUT2D eigenvalue weighted by molar-refractivity contribution is 5.53. The Kier molecular flexibility index (Phi) is 7.03. The highest BCUT2D eigenvalue weighted by Gasteiger charge is 2.01. The maximum Gasteiger partial charge on any atom is 0.124 e. The number of ether oxygens (including phenoxy) is 3. The Morgan fingerprint density at radius 3 is 2.22 bits per heavy atom. The Hall–Kier alpha value is -1.42. The van der Waals surface area contributed by atoms with E-state index in [0.717, 1.165) is 36.8 Å². The second kappa shape index (κ2) is 8.64. The van der Waals surface area contributed by atoms with Crippen LogP contribution in [0.15, 0.2) is 18.2 Å². The smallest absolute Gasteiger partial charge is 0.124 e. The Morgan fingerprint density at radius 2 is 1.67 bits per heavy atom. The van der Waals surface area contributed by atoms with Crippen molar-refractivity contribution in [2.45, 2.75) is 19.8 Å². The van der Waals surface area contributed by atoms with Crippen LogP contribution in [-0.2, 0) is 4.74 Å². The van der Waals surface area contributed by atoms with Crippen LogP contribution in [0.2, 0.25) is 0 Å². The molecule has 0 fully saturated rings. The number of unbranched alkanes of at least 4 members (excludes halogenated alkanes) is 1. The molecule has 0 spiro atoms. The van der Waals surface area contributed by atoms with Gasteiger partial charge < -0.3 is 19.5 Å². The molecule has 0 amide bonds. The lowest BCUT2D eigenvalue weighted by Gasteiger charge is -2.10. The summed E-state index contributed by atoms with van der Waals surface area (Å²) in [5, 5.41) is 3.29. The van der Waals surface area contributed by atoms with E-state index < -0.39 is 0 Å². The molecule has 1 rings (SSSR count). The van der Waals surface area contributed by atoms with Crippen LogP contribution in [0.3, 0.4) is 0 Å². The van der Waals surface area contributed by atoms with Gasteiger partial charge in [-0.3, -0.25) is 0 Å². The van der Waals surface area contributed by atoms with Crippen molar-refractivity contribution >= 4 is 5.69 Å². The number of hydrogen-bond donors (Lipinski definition) is 1. The molecular formula is C14H23NO3. The van der Waals surface area contributed by atoms with Gasteiger partial charge in [0, 0.05) is 37.0 Å². The summed E-state index contributed by atoms with van der Waals surface area (Å²) in [4.78, 5) is 0. The molecule has 4 nitrogen and oxygen atoms in total. The molecule has 0 aliphatic rings. The van der Waals surface area contributed by atoms with Gasteiger partial charge in [0.2, 0.25) is 0 Å². The van der Waals surface area contributed by atoms with Gasteiger partial charge in [-0.1, -0.05) is 13.3 Å². The summed E-state index contributed by atoms with van der Waals surface area (Å²) in [6, 6.07) is 5.73. The topological polar surface area (TPSA) is 39.7 Å². The average Bonchev–Trinajstić information content (AvgIpc) is 2.42. The number of hydrogen-bond acceptors (Lipinski definition) is 4. The number of anilines is 1. The van der Waals surface area contributed by atoms with Crippen molar-refractivity contribution < 1.29 is 14.2 Å². The summed E-state index contributed by atoms with van der Waals surface area (Å²) >= 11 is 0. The fraction of sp³-hybridized carbons (Fsp3) is 0.571. The van der Waals surface area contributed by atoms with Gasteiger partial charge in [-0.05, 0) is 6.42 Å². The molecule has 0 saturated carbocycles. The maximum absolute atomic E-state index is 5.48. The largest absolute Gasteiger partial charge is 0.497 e. The minimum Gasteiger partial charge on any atom is -0.497 e. The first-order valence-corrected chi connectivity index (χ1v) is 6.34. The van der Waals surface area contributed by atoms with Crippen molar-refractivity contribution in [3.8, 4) is 11.5 Å². The summed E-state index contributed by atoms with van der Waals surface area (Å²) in [5.41, 5.74) is 0.977. The van der Waals surface area contributed by atoms with Gasteiger partial charge in [-0.25, -0.2) is 0 Å². The van der Waals surface area contributed by atoms with E-state index >= 15 is 0 Å². The van der Waals surface area contributed by atoms with Gasteiger partial charge in [0.1, 0.15) is 11.5 Å². The van der Waals surface area contributed by atoms with E-state index in [-0.39, 0.29) is 0 Å². The van der Waals surface area contributed by atoms with Crippen molar-refractivity contribution in [2.24, 2.45) is 0 Å². The monoisotopic (exact) mass is 253 g/mol. The van der Waals surface area contributed by atoms with Crippen LogP contribution in [0, 0.1) is 0 Å². The zero-order valence-corrected chi connectivity index (χ0v) is 11.5. The molecule has 0 radical (unpaired) electrons. The normalized spacial score (nSPS) is 10.2. The van der Waals surface area contributed by atoms with Gasteiger partial charge in [0.25, 0.3) is 0 Å². The van der Waals surface area contributed by atoms with Crippen molar-refractivity contribution in [2.75, 3.05) is 39.3 Å². The van der Waals surface area contributed by atoms with E-state index in [1.807, 2.05) is 18.2 Å². The van der Waals surface area contributed by atoms with Crippen molar-refractivity contribution in [1.82, 2.24) is 0 Å². The SMILES string of the molecule is CCCCOCCNc1cc(OC)cc(OC)c1. The Balaban J connectivity index is 2.36. The molecule has 0 atom stereocenters. The second-order valence-corrected chi connectivity index (χ2v) is 3.99. The third-order valence-corrected chi connectivity index (χ3v) is 2.57. The van der Waals surface area contributed by atoms with Crippen molar-refractivity contribution in [3.63, 3.8) is 0 Å². The third-order valence-electron chi connectivity index (χ3n) is 2.57. The number of nitrogens with one attached hydrogen (secondary N) is 1. The fourth-order valence-electron chi connectivity index (χ4n) is 1.53. The van der Waals surface area contributed by atoms with Gasteiger partial charge in [-0.2, -0.15) is 0 Å². The quantitative estimate of drug-likeness (QED) is 0.687. The first kappa shape index (κ1) is 14.6. The van der Waals surface area contributed by atoms with Crippen LogP contribution in [0.1, 0.15) is 19.8 Å². The first-order chi connectivity index (χ1) is 8.80. The first-order valence-electron chi connectivity index (χ1n) is 6.34. The van der Waals surface area contributed by atoms with Crippen LogP contribution in [0.25, 0.3) is 0 Å². The van der Waals surface area contributed by atoms with Gasteiger partial charge in [0.05, 0.1) is 20.8 Å². The Labute approximate surface area is 109 Å². The van der Waals surface area contributed by atoms with E-state index in [2.05, 4.69) is 12.2 Å². The van der Waals surface area contributed by atoms with E-state index in [0.29, 0.717) is 6.61 Å². The fourth-order valence-corrected chi connectivity index (χ4v) is 1.53. The molecule has 18 heavy (non-hydrogen) atoms. The third kappa shape index (κ3) is 5.27. The predicted octanol–water partition coefficient (Wildman–Crippen LogP) is 2.93. The van der Waals surface area contributed by atoms with Crippen LogP contribution in [0.4, 0.5) is 5.69 Å². The summed E-state index contributed by atoms with van der Waals surface area (Å²) in [6.07, 6.45) is 2.29. The summed E-state index contributed by atoms with van der Waals surface area (Å²) in [5.74, 6) is 1.56. The molecule has 0 aliphatic carbocycles. The highest BCUT2D eigenvalue weighted by Crippen LogP contribution is 2.25. The molecule has 0 aliphatic heterocycles. The minimum absolute atomic E-state index is 0.708. The molecule has 1 aromatic carbocycles. The van der Waals surface area contributed by atoms with Crippen LogP contribution < -0.4 is 14.8 Å². The van der Waals surface area contributed by atoms with Crippen LogP contribution in [-0.4, -0.2) is 34.0 Å². The molecule has 0 unspecified atom stereocenters. The molecule has 0 bridgehead atoms. The van der Waals surface area contributed by atoms with Gasteiger partial charge in [-0.15, -0.1) is 0 Å². The van der Waals surface area contributed by atoms with Crippen molar-refractivity contribution in [3.05, 3.63) is 18.2 Å². The molecule has 4 heteroatoms. The predicted molar refractivity (Wildman–Crippen MR) is 73.8 cm³/mol. The lowest BCUT2D eigenvalue weighted by Crippen LogP contribution is -2.10. The van der Waals surface area contributed by atoms with Gasteiger partial charge >= 0.3 is 0 Å². The molecule has 1 N–H and O–H groups in total. The lowest BCUT2D eigenvalue weighted by molar-refractivity contribution is 0.141. The summed E-state index contributed by atoms with van der Waals surface area (Å²) in [7, 11) is 3.29. The Morgan fingerprint density at radius 1 is 1.00 bits per heavy atom. The zero-order chi connectivity index (χ0) is 13.2. The Bertz CT molecular complexity index is 320.